The van der Waals surface area contributed by atoms with Crippen LogP contribution in [0.4, 0.5) is 0 Å². The second kappa shape index (κ2) is 5.92. The molecule has 0 aromatic carbocycles. The summed E-state index contributed by atoms with van der Waals surface area (Å²) in [5, 5.41) is 20.5. The van der Waals surface area contributed by atoms with Crippen LogP contribution in [-0.2, 0) is 0 Å². The molecule has 0 aromatic rings. The highest BCUT2D eigenvalue weighted by Crippen LogP contribution is 2.23. The van der Waals surface area contributed by atoms with Gasteiger partial charge in [0.2, 0.25) is 0 Å². The van der Waals surface area contributed by atoms with E-state index in [2.05, 4.69) is 17.0 Å². The van der Waals surface area contributed by atoms with E-state index >= 15 is 0 Å². The molecule has 5 heteroatoms. The first-order valence-corrected chi connectivity index (χ1v) is 5.50. The summed E-state index contributed by atoms with van der Waals surface area (Å²) >= 11 is 0. The lowest BCUT2D eigenvalue weighted by atomic mass is 10.0. The number of aliphatic hydroxyl groups excluding tert-OH is 1. The lowest BCUT2D eigenvalue weighted by Gasteiger charge is -2.24. The van der Waals surface area contributed by atoms with Gasteiger partial charge < -0.3 is 16.0 Å². The molecule has 0 spiro atoms. The van der Waals surface area contributed by atoms with Crippen LogP contribution in [0.3, 0.4) is 0 Å². The highest BCUT2D eigenvalue weighted by Gasteiger charge is 2.29. The second-order valence-electron chi connectivity index (χ2n) is 4.25. The van der Waals surface area contributed by atoms with Crippen molar-refractivity contribution in [2.24, 2.45) is 16.8 Å². The number of aliphatic hydroxyl groups is 1. The maximum absolute atomic E-state index is 9.23. The molecule has 88 valence electrons. The number of oxime groups is 1. The Bertz CT molecular complexity index is 221. The molecule has 0 saturated carbocycles. The van der Waals surface area contributed by atoms with Crippen molar-refractivity contribution in [3.8, 4) is 0 Å². The van der Waals surface area contributed by atoms with Crippen LogP contribution in [0, 0.1) is 5.92 Å². The van der Waals surface area contributed by atoms with Crippen LogP contribution in [0.15, 0.2) is 5.16 Å². The molecule has 1 aliphatic rings. The zero-order chi connectivity index (χ0) is 11.3. The molecule has 0 aromatic heterocycles. The number of amidine groups is 1. The van der Waals surface area contributed by atoms with Crippen LogP contribution >= 0.6 is 0 Å². The lowest BCUT2D eigenvalue weighted by molar-refractivity contribution is 0.139. The van der Waals surface area contributed by atoms with E-state index in [9.17, 15) is 5.11 Å². The zero-order valence-electron chi connectivity index (χ0n) is 9.26. The Morgan fingerprint density at radius 3 is 2.93 bits per heavy atom. The SMILES string of the molecule is CC1CCN(CCCC(N)=NO)C1CO. The maximum atomic E-state index is 9.23. The summed E-state index contributed by atoms with van der Waals surface area (Å²) in [5.74, 6) is 0.849. The molecule has 4 N–H and O–H groups in total. The number of nitrogens with zero attached hydrogens (tertiary/aromatic N) is 2. The van der Waals surface area contributed by atoms with Gasteiger partial charge >= 0.3 is 0 Å². The van der Waals surface area contributed by atoms with Crippen molar-refractivity contribution >= 4 is 5.84 Å². The summed E-state index contributed by atoms with van der Waals surface area (Å²) in [6.45, 7) is 4.35. The third-order valence-corrected chi connectivity index (χ3v) is 3.19. The summed E-state index contributed by atoms with van der Waals surface area (Å²) < 4.78 is 0. The molecule has 1 rings (SSSR count). The molecule has 1 heterocycles. The Hall–Kier alpha value is -0.810. The van der Waals surface area contributed by atoms with Crippen molar-refractivity contribution in [2.75, 3.05) is 19.7 Å². The molecular weight excluding hydrogens is 194 g/mol. The van der Waals surface area contributed by atoms with Crippen LogP contribution in [0.5, 0.6) is 0 Å². The van der Waals surface area contributed by atoms with Crippen LogP contribution in [0.2, 0.25) is 0 Å². The van der Waals surface area contributed by atoms with Gasteiger partial charge in [-0.2, -0.15) is 0 Å². The number of likely N-dealkylation sites (tertiary alicyclic amines) is 1. The number of hydrogen-bond donors (Lipinski definition) is 3. The molecule has 15 heavy (non-hydrogen) atoms. The first kappa shape index (κ1) is 12.3. The van der Waals surface area contributed by atoms with Crippen LogP contribution in [-0.4, -0.2) is 46.8 Å². The van der Waals surface area contributed by atoms with Crippen molar-refractivity contribution in [3.05, 3.63) is 0 Å². The Kier molecular flexibility index (Phi) is 4.84. The van der Waals surface area contributed by atoms with Crippen LogP contribution in [0.25, 0.3) is 0 Å². The van der Waals surface area contributed by atoms with Crippen LogP contribution < -0.4 is 5.73 Å². The average Bonchev–Trinajstić information content (AvgIpc) is 2.59. The highest BCUT2D eigenvalue weighted by atomic mass is 16.4. The molecule has 0 bridgehead atoms. The van der Waals surface area contributed by atoms with E-state index in [1.54, 1.807) is 0 Å². The van der Waals surface area contributed by atoms with E-state index in [-0.39, 0.29) is 18.5 Å². The molecule has 1 fully saturated rings. The van der Waals surface area contributed by atoms with Gasteiger partial charge in [-0.1, -0.05) is 12.1 Å². The van der Waals surface area contributed by atoms with Gasteiger partial charge in [0.25, 0.3) is 0 Å². The minimum atomic E-state index is 0.227. The molecule has 0 aliphatic carbocycles. The third-order valence-electron chi connectivity index (χ3n) is 3.19. The van der Waals surface area contributed by atoms with Crippen LogP contribution in [0.1, 0.15) is 26.2 Å². The zero-order valence-corrected chi connectivity index (χ0v) is 9.26. The normalized spacial score (nSPS) is 28.5. The number of nitrogens with two attached hydrogens (primary N) is 1. The quantitative estimate of drug-likeness (QED) is 0.265. The van der Waals surface area contributed by atoms with Gasteiger partial charge in [0, 0.05) is 12.5 Å². The van der Waals surface area contributed by atoms with Crippen molar-refractivity contribution in [1.29, 1.82) is 0 Å². The molecule has 2 unspecified atom stereocenters. The predicted molar refractivity (Wildman–Crippen MR) is 58.9 cm³/mol. The molecule has 0 amide bonds. The minimum absolute atomic E-state index is 0.227. The monoisotopic (exact) mass is 215 g/mol. The van der Waals surface area contributed by atoms with Gasteiger partial charge in [-0.25, -0.2) is 0 Å². The fourth-order valence-corrected chi connectivity index (χ4v) is 2.17. The van der Waals surface area contributed by atoms with E-state index in [0.717, 1.165) is 25.9 Å². The first-order chi connectivity index (χ1) is 7.19. The van der Waals surface area contributed by atoms with Crippen molar-refractivity contribution in [1.82, 2.24) is 4.90 Å². The second-order valence-corrected chi connectivity index (χ2v) is 4.25. The van der Waals surface area contributed by atoms with Gasteiger partial charge in [-0.15, -0.1) is 0 Å². The summed E-state index contributed by atoms with van der Waals surface area (Å²) in [6.07, 6.45) is 2.63. The lowest BCUT2D eigenvalue weighted by Crippen LogP contribution is -2.36. The third kappa shape index (κ3) is 3.35. The fourth-order valence-electron chi connectivity index (χ4n) is 2.17. The molecule has 1 saturated heterocycles. The Labute approximate surface area is 90.6 Å². The van der Waals surface area contributed by atoms with Crippen molar-refractivity contribution in [3.63, 3.8) is 0 Å². The molecular formula is C10H21N3O2. The minimum Gasteiger partial charge on any atom is -0.409 e. The Balaban J connectivity index is 2.27. The number of hydrogen-bond acceptors (Lipinski definition) is 4. The Morgan fingerprint density at radius 1 is 1.60 bits per heavy atom. The summed E-state index contributed by atoms with van der Waals surface area (Å²) in [6, 6.07) is 0.289. The van der Waals surface area contributed by atoms with Gasteiger partial charge in [0.05, 0.1) is 6.61 Å². The molecule has 5 nitrogen and oxygen atoms in total. The average molecular weight is 215 g/mol. The van der Waals surface area contributed by atoms with E-state index < -0.39 is 0 Å². The van der Waals surface area contributed by atoms with Gasteiger partial charge in [-0.3, -0.25) is 4.90 Å². The predicted octanol–water partition coefficient (Wildman–Crippen LogP) is 0.216. The van der Waals surface area contributed by atoms with Gasteiger partial charge in [0.15, 0.2) is 0 Å². The summed E-state index contributed by atoms with van der Waals surface area (Å²) in [4.78, 5) is 2.29. The van der Waals surface area contributed by atoms with E-state index in [4.69, 9.17) is 10.9 Å². The standard InChI is InChI=1S/C10H21N3O2/c1-8-4-6-13(9(8)7-14)5-2-3-10(11)12-15/h8-9,14-15H,2-7H2,1H3,(H2,11,12). The van der Waals surface area contributed by atoms with Gasteiger partial charge in [0.1, 0.15) is 5.84 Å². The molecule has 2 atom stereocenters. The topological polar surface area (TPSA) is 82.1 Å². The molecule has 0 radical (unpaired) electrons. The Morgan fingerprint density at radius 2 is 2.33 bits per heavy atom. The summed E-state index contributed by atoms with van der Waals surface area (Å²) in [7, 11) is 0. The number of rotatable bonds is 5. The van der Waals surface area contributed by atoms with E-state index in [0.29, 0.717) is 12.3 Å². The maximum Gasteiger partial charge on any atom is 0.139 e. The smallest absolute Gasteiger partial charge is 0.139 e. The fraction of sp³-hybridized carbons (Fsp3) is 0.900. The van der Waals surface area contributed by atoms with E-state index in [1.807, 2.05) is 0 Å². The van der Waals surface area contributed by atoms with E-state index in [1.165, 1.54) is 0 Å². The first-order valence-electron chi connectivity index (χ1n) is 5.50. The highest BCUT2D eigenvalue weighted by molar-refractivity contribution is 5.79. The largest absolute Gasteiger partial charge is 0.409 e. The van der Waals surface area contributed by atoms with Gasteiger partial charge in [-0.05, 0) is 31.8 Å². The van der Waals surface area contributed by atoms with Crippen molar-refractivity contribution in [2.45, 2.75) is 32.2 Å². The molecule has 1 aliphatic heterocycles. The summed E-state index contributed by atoms with van der Waals surface area (Å²) in [5.41, 5.74) is 5.38. The van der Waals surface area contributed by atoms with Crippen molar-refractivity contribution < 1.29 is 10.3 Å².